The molecule has 4 heteroatoms. The Morgan fingerprint density at radius 3 is 2.32 bits per heavy atom. The van der Waals surface area contributed by atoms with Gasteiger partial charge in [-0.1, -0.05) is 30.3 Å². The van der Waals surface area contributed by atoms with Crippen LogP contribution in [0.3, 0.4) is 0 Å². The Hall–Kier alpha value is -1.55. The number of aliphatic hydroxyl groups is 1. The van der Waals surface area contributed by atoms with E-state index in [1.807, 2.05) is 30.3 Å². The van der Waals surface area contributed by atoms with Gasteiger partial charge in [-0.15, -0.1) is 0 Å². The number of rotatable bonds is 3. The van der Waals surface area contributed by atoms with E-state index in [2.05, 4.69) is 0 Å². The Kier molecular flexibility index (Phi) is 3.19. The number of hydrogen-bond acceptors (Lipinski definition) is 2. The lowest BCUT2D eigenvalue weighted by atomic mass is 9.52. The summed E-state index contributed by atoms with van der Waals surface area (Å²) in [5.74, 6) is 1.26. The summed E-state index contributed by atoms with van der Waals surface area (Å²) in [4.78, 5) is 13.5. The van der Waals surface area contributed by atoms with Gasteiger partial charge >= 0.3 is 6.09 Å². The Bertz CT molecular complexity index is 557. The van der Waals surface area contributed by atoms with Gasteiger partial charge in [-0.3, -0.25) is 0 Å². The number of carbonyl (C=O) groups is 1. The lowest BCUT2D eigenvalue weighted by Crippen LogP contribution is -2.62. The highest BCUT2D eigenvalue weighted by Crippen LogP contribution is 2.57. The molecule has 0 aliphatic heterocycles. The zero-order chi connectivity index (χ0) is 15.3. The van der Waals surface area contributed by atoms with Crippen LogP contribution in [0.1, 0.15) is 37.7 Å². The third-order valence-corrected chi connectivity index (χ3v) is 5.99. The van der Waals surface area contributed by atoms with Crippen LogP contribution in [0.4, 0.5) is 4.79 Å². The van der Waals surface area contributed by atoms with Gasteiger partial charge in [0.15, 0.2) is 0 Å². The van der Waals surface area contributed by atoms with Crippen molar-refractivity contribution in [2.75, 3.05) is 0 Å². The summed E-state index contributed by atoms with van der Waals surface area (Å²) in [6.45, 7) is 0.455. The molecule has 22 heavy (non-hydrogen) atoms. The van der Waals surface area contributed by atoms with E-state index >= 15 is 0 Å². The predicted molar refractivity (Wildman–Crippen MR) is 82.3 cm³/mol. The van der Waals surface area contributed by atoms with E-state index in [0.717, 1.165) is 37.7 Å². The summed E-state index contributed by atoms with van der Waals surface area (Å²) in [5, 5.41) is 20.4. The molecule has 4 aliphatic carbocycles. The summed E-state index contributed by atoms with van der Waals surface area (Å²) in [6, 6.07) is 9.91. The minimum atomic E-state index is -0.826. The Balaban J connectivity index is 1.60. The molecule has 4 fully saturated rings. The van der Waals surface area contributed by atoms with Gasteiger partial charge in [0.1, 0.15) is 0 Å². The minimum absolute atomic E-state index is 0.0783. The summed E-state index contributed by atoms with van der Waals surface area (Å²) in [6.07, 6.45) is 3.84. The summed E-state index contributed by atoms with van der Waals surface area (Å²) in [7, 11) is 0. The second-order valence-electron chi connectivity index (χ2n) is 7.58. The van der Waals surface area contributed by atoms with E-state index in [1.165, 1.54) is 0 Å². The second-order valence-corrected chi connectivity index (χ2v) is 7.58. The molecule has 4 bridgehead atoms. The summed E-state index contributed by atoms with van der Waals surface area (Å²) >= 11 is 0. The van der Waals surface area contributed by atoms with E-state index in [0.29, 0.717) is 24.3 Å². The Morgan fingerprint density at radius 1 is 1.14 bits per heavy atom. The van der Waals surface area contributed by atoms with Gasteiger partial charge in [0.2, 0.25) is 0 Å². The van der Waals surface area contributed by atoms with Crippen molar-refractivity contribution in [3.63, 3.8) is 0 Å². The largest absolute Gasteiger partial charge is 0.465 e. The SMILES string of the molecule is O=C(O)N(Cc1ccccc1)C1[C@@H]2CC3C[C@H]1CC(O)(C3)C2. The first-order valence-corrected chi connectivity index (χ1v) is 8.30. The van der Waals surface area contributed by atoms with Gasteiger partial charge in [0.25, 0.3) is 0 Å². The molecule has 1 aromatic carbocycles. The molecule has 5 atom stereocenters. The standard InChI is InChI=1S/C18H23NO3/c20-17(21)19(11-12-4-2-1-3-5-12)16-14-6-13-7-15(16)10-18(22,8-13)9-14/h1-5,13-16,22H,6-11H2,(H,20,21)/t13?,14-,15+,16?,18?. The Morgan fingerprint density at radius 2 is 1.77 bits per heavy atom. The van der Waals surface area contributed by atoms with E-state index in [9.17, 15) is 15.0 Å². The maximum Gasteiger partial charge on any atom is 0.407 e. The average Bonchev–Trinajstić information content (AvgIpc) is 2.44. The molecule has 1 amide bonds. The molecule has 1 aromatic rings. The van der Waals surface area contributed by atoms with Gasteiger partial charge in [0, 0.05) is 12.6 Å². The third kappa shape index (κ3) is 2.30. The molecule has 2 N–H and O–H groups in total. The van der Waals surface area contributed by atoms with Gasteiger partial charge in [-0.25, -0.2) is 4.79 Å². The molecule has 4 saturated carbocycles. The highest BCUT2D eigenvalue weighted by atomic mass is 16.4. The van der Waals surface area contributed by atoms with Gasteiger partial charge in [-0.05, 0) is 55.4 Å². The molecule has 5 rings (SSSR count). The molecule has 0 heterocycles. The van der Waals surface area contributed by atoms with Crippen LogP contribution >= 0.6 is 0 Å². The van der Waals surface area contributed by atoms with Crippen LogP contribution in [0.25, 0.3) is 0 Å². The van der Waals surface area contributed by atoms with Crippen molar-refractivity contribution in [3.8, 4) is 0 Å². The van der Waals surface area contributed by atoms with Crippen LogP contribution in [0.2, 0.25) is 0 Å². The molecule has 118 valence electrons. The van der Waals surface area contributed by atoms with Gasteiger partial charge in [0.05, 0.1) is 5.60 Å². The van der Waals surface area contributed by atoms with Crippen molar-refractivity contribution in [2.24, 2.45) is 17.8 Å². The fourth-order valence-corrected chi connectivity index (χ4v) is 5.54. The summed E-state index contributed by atoms with van der Waals surface area (Å²) in [5.41, 5.74) is 0.529. The Labute approximate surface area is 130 Å². The van der Waals surface area contributed by atoms with E-state index < -0.39 is 11.7 Å². The maximum absolute atomic E-state index is 11.9. The molecule has 0 radical (unpaired) electrons. The third-order valence-electron chi connectivity index (χ3n) is 5.99. The fourth-order valence-electron chi connectivity index (χ4n) is 5.54. The van der Waals surface area contributed by atoms with Crippen LogP contribution in [-0.4, -0.2) is 32.8 Å². The number of benzene rings is 1. The molecule has 0 aromatic heterocycles. The lowest BCUT2D eigenvalue weighted by Gasteiger charge is -2.59. The van der Waals surface area contributed by atoms with Crippen molar-refractivity contribution < 1.29 is 15.0 Å². The molecule has 0 saturated heterocycles. The topological polar surface area (TPSA) is 60.8 Å². The van der Waals surface area contributed by atoms with E-state index in [1.54, 1.807) is 4.90 Å². The van der Waals surface area contributed by atoms with E-state index in [4.69, 9.17) is 0 Å². The first kappa shape index (κ1) is 14.1. The van der Waals surface area contributed by atoms with Crippen molar-refractivity contribution in [2.45, 2.75) is 50.3 Å². The van der Waals surface area contributed by atoms with Crippen LogP contribution in [0, 0.1) is 17.8 Å². The molecular weight excluding hydrogens is 278 g/mol. The van der Waals surface area contributed by atoms with Crippen molar-refractivity contribution in [1.29, 1.82) is 0 Å². The normalized spacial score (nSPS) is 39.0. The van der Waals surface area contributed by atoms with Crippen molar-refractivity contribution in [1.82, 2.24) is 4.90 Å². The first-order chi connectivity index (χ1) is 10.5. The van der Waals surface area contributed by atoms with E-state index in [-0.39, 0.29) is 6.04 Å². The quantitative estimate of drug-likeness (QED) is 0.902. The van der Waals surface area contributed by atoms with Crippen LogP contribution in [0.5, 0.6) is 0 Å². The van der Waals surface area contributed by atoms with Gasteiger partial charge < -0.3 is 15.1 Å². The second kappa shape index (κ2) is 4.98. The van der Waals surface area contributed by atoms with Crippen molar-refractivity contribution >= 4 is 6.09 Å². The van der Waals surface area contributed by atoms with Crippen LogP contribution in [-0.2, 0) is 6.54 Å². The molecular formula is C18H23NO3. The number of nitrogens with zero attached hydrogens (tertiary/aromatic N) is 1. The first-order valence-electron chi connectivity index (χ1n) is 8.30. The number of carboxylic acid groups (broad SMARTS) is 1. The number of hydrogen-bond donors (Lipinski definition) is 2. The lowest BCUT2D eigenvalue weighted by molar-refractivity contribution is -0.156. The average molecular weight is 301 g/mol. The van der Waals surface area contributed by atoms with Gasteiger partial charge in [-0.2, -0.15) is 0 Å². The monoisotopic (exact) mass is 301 g/mol. The molecule has 3 unspecified atom stereocenters. The molecule has 4 nitrogen and oxygen atoms in total. The zero-order valence-corrected chi connectivity index (χ0v) is 12.7. The summed E-state index contributed by atoms with van der Waals surface area (Å²) < 4.78 is 0. The maximum atomic E-state index is 11.9. The highest BCUT2D eigenvalue weighted by Gasteiger charge is 2.56. The fraction of sp³-hybridized carbons (Fsp3) is 0.611. The number of amides is 1. The van der Waals surface area contributed by atoms with Crippen LogP contribution in [0.15, 0.2) is 30.3 Å². The smallest absolute Gasteiger partial charge is 0.407 e. The zero-order valence-electron chi connectivity index (χ0n) is 12.7. The molecule has 0 spiro atoms. The highest BCUT2D eigenvalue weighted by molar-refractivity contribution is 5.65. The van der Waals surface area contributed by atoms with Crippen LogP contribution < -0.4 is 0 Å². The predicted octanol–water partition coefficient (Wildman–Crippen LogP) is 3.11. The molecule has 4 aliphatic rings. The van der Waals surface area contributed by atoms with Crippen molar-refractivity contribution in [3.05, 3.63) is 35.9 Å². The minimum Gasteiger partial charge on any atom is -0.465 e.